The predicted molar refractivity (Wildman–Crippen MR) is 52.6 cm³/mol. The first-order chi connectivity index (χ1) is 6.52. The van der Waals surface area contributed by atoms with Crippen molar-refractivity contribution in [2.24, 2.45) is 0 Å². The fourth-order valence-corrected chi connectivity index (χ4v) is 0.691. The van der Waals surface area contributed by atoms with E-state index in [9.17, 15) is 4.79 Å². The highest BCUT2D eigenvalue weighted by molar-refractivity contribution is 5.87. The Morgan fingerprint density at radius 1 is 1.29 bits per heavy atom. The molecule has 0 bridgehead atoms. The van der Waals surface area contributed by atoms with Gasteiger partial charge >= 0.3 is 5.97 Å². The molecule has 4 heteroatoms. The molecular formula is C10H16O4. The van der Waals surface area contributed by atoms with Gasteiger partial charge in [-0.25, -0.2) is 4.79 Å². The van der Waals surface area contributed by atoms with Crippen LogP contribution >= 0.6 is 0 Å². The van der Waals surface area contributed by atoms with Crippen LogP contribution in [0.2, 0.25) is 0 Å². The van der Waals surface area contributed by atoms with Crippen LogP contribution in [0.1, 0.15) is 13.8 Å². The minimum absolute atomic E-state index is 0.00537. The minimum Gasteiger partial charge on any atom is -0.458 e. The molecule has 80 valence electrons. The zero-order valence-corrected chi connectivity index (χ0v) is 8.54. The van der Waals surface area contributed by atoms with Gasteiger partial charge in [0.25, 0.3) is 0 Å². The summed E-state index contributed by atoms with van der Waals surface area (Å²) in [5.74, 6) is -0.498. The Morgan fingerprint density at radius 3 is 2.21 bits per heavy atom. The smallest absolute Gasteiger partial charge is 0.333 e. The standard InChI is InChI=1S/C10H16O4/c1-7(2)10(13)14-6-9(5-12)8(3)4-11/h11-12H,1,4-6H2,2-3H3. The van der Waals surface area contributed by atoms with E-state index in [2.05, 4.69) is 6.58 Å². The van der Waals surface area contributed by atoms with Gasteiger partial charge in [-0.2, -0.15) is 0 Å². The molecule has 0 saturated heterocycles. The van der Waals surface area contributed by atoms with Crippen molar-refractivity contribution in [3.05, 3.63) is 23.3 Å². The number of hydrogen-bond acceptors (Lipinski definition) is 4. The van der Waals surface area contributed by atoms with E-state index in [0.717, 1.165) is 0 Å². The molecule has 0 amide bonds. The van der Waals surface area contributed by atoms with Gasteiger partial charge in [-0.05, 0) is 25.0 Å². The number of aliphatic hydroxyl groups excluding tert-OH is 2. The molecule has 0 fully saturated rings. The molecule has 0 aliphatic rings. The summed E-state index contributed by atoms with van der Waals surface area (Å²) in [6.45, 7) is 6.25. The van der Waals surface area contributed by atoms with Gasteiger partial charge in [-0.1, -0.05) is 6.58 Å². The molecule has 0 radical (unpaired) electrons. The van der Waals surface area contributed by atoms with E-state index in [-0.39, 0.29) is 19.8 Å². The van der Waals surface area contributed by atoms with Crippen molar-refractivity contribution in [2.75, 3.05) is 19.8 Å². The Kier molecular flexibility index (Phi) is 5.83. The van der Waals surface area contributed by atoms with E-state index in [1.54, 1.807) is 13.8 Å². The van der Waals surface area contributed by atoms with Crippen LogP contribution in [0.4, 0.5) is 0 Å². The highest BCUT2D eigenvalue weighted by atomic mass is 16.5. The van der Waals surface area contributed by atoms with Gasteiger partial charge in [0.05, 0.1) is 13.2 Å². The molecule has 0 heterocycles. The van der Waals surface area contributed by atoms with Gasteiger partial charge in [0, 0.05) is 5.57 Å². The second kappa shape index (κ2) is 6.34. The summed E-state index contributed by atoms with van der Waals surface area (Å²) in [6, 6.07) is 0. The van der Waals surface area contributed by atoms with Gasteiger partial charge in [0.2, 0.25) is 0 Å². The van der Waals surface area contributed by atoms with Crippen LogP contribution < -0.4 is 0 Å². The summed E-state index contributed by atoms with van der Waals surface area (Å²) >= 11 is 0. The molecule has 14 heavy (non-hydrogen) atoms. The van der Waals surface area contributed by atoms with Gasteiger partial charge in [-0.15, -0.1) is 0 Å². The zero-order chi connectivity index (χ0) is 11.1. The van der Waals surface area contributed by atoms with Crippen molar-refractivity contribution in [3.8, 4) is 0 Å². The van der Waals surface area contributed by atoms with E-state index < -0.39 is 5.97 Å². The van der Waals surface area contributed by atoms with E-state index in [1.807, 2.05) is 0 Å². The SMILES string of the molecule is C=C(C)C(=O)OCC(CO)=C(C)CO. The summed E-state index contributed by atoms with van der Waals surface area (Å²) in [5, 5.41) is 17.7. The number of aliphatic hydroxyl groups is 2. The Labute approximate surface area is 83.5 Å². The Hall–Kier alpha value is -1.13. The third-order valence-corrected chi connectivity index (χ3v) is 1.76. The van der Waals surface area contributed by atoms with Crippen molar-refractivity contribution in [1.82, 2.24) is 0 Å². The van der Waals surface area contributed by atoms with Crippen LogP contribution in [0.25, 0.3) is 0 Å². The number of esters is 1. The molecule has 0 aromatic heterocycles. The van der Waals surface area contributed by atoms with Gasteiger partial charge in [0.15, 0.2) is 0 Å². The number of ether oxygens (including phenoxy) is 1. The number of hydrogen-bond donors (Lipinski definition) is 2. The second-order valence-electron chi connectivity index (χ2n) is 3.06. The Balaban J connectivity index is 4.23. The summed E-state index contributed by atoms with van der Waals surface area (Å²) in [4.78, 5) is 11.0. The van der Waals surface area contributed by atoms with E-state index >= 15 is 0 Å². The van der Waals surface area contributed by atoms with Crippen LogP contribution in [0.5, 0.6) is 0 Å². The number of carbonyl (C=O) groups is 1. The molecule has 0 aliphatic heterocycles. The van der Waals surface area contributed by atoms with Crippen LogP contribution in [-0.4, -0.2) is 36.0 Å². The maximum absolute atomic E-state index is 11.0. The fourth-order valence-electron chi connectivity index (χ4n) is 0.691. The maximum atomic E-state index is 11.0. The molecule has 0 saturated carbocycles. The highest BCUT2D eigenvalue weighted by Gasteiger charge is 2.06. The third kappa shape index (κ3) is 4.20. The van der Waals surface area contributed by atoms with Crippen LogP contribution in [-0.2, 0) is 9.53 Å². The van der Waals surface area contributed by atoms with E-state index in [1.165, 1.54) is 0 Å². The van der Waals surface area contributed by atoms with Crippen molar-refractivity contribution in [1.29, 1.82) is 0 Å². The third-order valence-electron chi connectivity index (χ3n) is 1.76. The highest BCUT2D eigenvalue weighted by Crippen LogP contribution is 2.04. The first-order valence-corrected chi connectivity index (χ1v) is 4.24. The minimum atomic E-state index is -0.498. The quantitative estimate of drug-likeness (QED) is 0.383. The lowest BCUT2D eigenvalue weighted by Crippen LogP contribution is -2.12. The Morgan fingerprint density at radius 2 is 1.86 bits per heavy atom. The summed E-state index contributed by atoms with van der Waals surface area (Å²) in [7, 11) is 0. The van der Waals surface area contributed by atoms with Crippen molar-refractivity contribution < 1.29 is 19.7 Å². The lowest BCUT2D eigenvalue weighted by Gasteiger charge is -2.09. The average molecular weight is 200 g/mol. The average Bonchev–Trinajstić information content (AvgIpc) is 2.17. The van der Waals surface area contributed by atoms with Gasteiger partial charge in [-0.3, -0.25) is 0 Å². The summed E-state index contributed by atoms with van der Waals surface area (Å²) in [5.41, 5.74) is 1.44. The fraction of sp³-hybridized carbons (Fsp3) is 0.500. The topological polar surface area (TPSA) is 66.8 Å². The Bertz CT molecular complexity index is 253. The molecule has 0 aromatic carbocycles. The van der Waals surface area contributed by atoms with Gasteiger partial charge < -0.3 is 14.9 Å². The largest absolute Gasteiger partial charge is 0.458 e. The summed E-state index contributed by atoms with van der Waals surface area (Å²) in [6.07, 6.45) is 0. The molecule has 4 nitrogen and oxygen atoms in total. The van der Waals surface area contributed by atoms with Gasteiger partial charge in [0.1, 0.15) is 6.61 Å². The molecule has 2 N–H and O–H groups in total. The van der Waals surface area contributed by atoms with Crippen molar-refractivity contribution in [3.63, 3.8) is 0 Å². The van der Waals surface area contributed by atoms with Crippen LogP contribution in [0, 0.1) is 0 Å². The maximum Gasteiger partial charge on any atom is 0.333 e. The van der Waals surface area contributed by atoms with Crippen molar-refractivity contribution in [2.45, 2.75) is 13.8 Å². The molecule has 0 unspecified atom stereocenters. The van der Waals surface area contributed by atoms with E-state index in [4.69, 9.17) is 14.9 Å². The summed E-state index contributed by atoms with van der Waals surface area (Å²) < 4.78 is 4.81. The first-order valence-electron chi connectivity index (χ1n) is 4.24. The first kappa shape index (κ1) is 12.9. The molecule has 0 spiro atoms. The number of rotatable bonds is 5. The molecule has 0 atom stereocenters. The van der Waals surface area contributed by atoms with Crippen LogP contribution in [0.15, 0.2) is 23.3 Å². The molecule has 0 rings (SSSR count). The zero-order valence-electron chi connectivity index (χ0n) is 8.54. The monoisotopic (exact) mass is 200 g/mol. The van der Waals surface area contributed by atoms with Crippen molar-refractivity contribution >= 4 is 5.97 Å². The molecular weight excluding hydrogens is 184 g/mol. The predicted octanol–water partition coefficient (Wildman–Crippen LogP) is 0.407. The second-order valence-corrected chi connectivity index (χ2v) is 3.06. The lowest BCUT2D eigenvalue weighted by atomic mass is 10.1. The van der Waals surface area contributed by atoms with E-state index in [0.29, 0.717) is 16.7 Å². The normalized spacial score (nSPS) is 12.0. The number of carbonyl (C=O) groups excluding carboxylic acids is 1. The molecule has 0 aromatic rings. The lowest BCUT2D eigenvalue weighted by molar-refractivity contribution is -0.138. The molecule has 0 aliphatic carbocycles. The van der Waals surface area contributed by atoms with Crippen LogP contribution in [0.3, 0.4) is 0 Å².